The van der Waals surface area contributed by atoms with E-state index < -0.39 is 17.8 Å². The highest BCUT2D eigenvalue weighted by molar-refractivity contribution is 5.89. The quantitative estimate of drug-likeness (QED) is 0.855. The van der Waals surface area contributed by atoms with Crippen LogP contribution in [-0.2, 0) is 13.2 Å². The normalized spacial score (nSPS) is 17.7. The van der Waals surface area contributed by atoms with Gasteiger partial charge in [0.05, 0.1) is 17.4 Å². The van der Waals surface area contributed by atoms with Crippen LogP contribution < -0.4 is 15.5 Å². The van der Waals surface area contributed by atoms with Gasteiger partial charge in [0.2, 0.25) is 0 Å². The van der Waals surface area contributed by atoms with Crippen molar-refractivity contribution in [3.05, 3.63) is 41.7 Å². The summed E-state index contributed by atoms with van der Waals surface area (Å²) < 4.78 is 40.5. The summed E-state index contributed by atoms with van der Waals surface area (Å²) in [4.78, 5) is 14.4. The van der Waals surface area contributed by atoms with E-state index in [2.05, 4.69) is 20.6 Å². The predicted octanol–water partition coefficient (Wildman–Crippen LogP) is 3.54. The summed E-state index contributed by atoms with van der Waals surface area (Å²) in [6.45, 7) is 3.06. The molecule has 1 aromatic heterocycles. The topological polar surface area (TPSA) is 62.2 Å². The molecule has 0 bridgehead atoms. The second kappa shape index (κ2) is 7.50. The molecular formula is C18H22F3N5O. The highest BCUT2D eigenvalue weighted by atomic mass is 19.4. The molecule has 1 saturated heterocycles. The highest BCUT2D eigenvalue weighted by Crippen LogP contribution is 2.31. The number of hydrogen-bond acceptors (Lipinski definition) is 3. The standard InChI is InChI=1S/C18H22F3N5O/c1-12-6-13(18(19,20)21)8-15(7-12)24-17(27)23-14-4-3-5-26(10-14)16-9-22-25(2)11-16/h6-9,11,14H,3-5,10H2,1-2H3,(H2,23,24,27). The van der Waals surface area contributed by atoms with E-state index in [1.165, 1.54) is 6.07 Å². The molecule has 3 rings (SSSR count). The molecule has 0 aliphatic carbocycles. The highest BCUT2D eigenvalue weighted by Gasteiger charge is 2.31. The van der Waals surface area contributed by atoms with Gasteiger partial charge in [-0.25, -0.2) is 4.79 Å². The first-order valence-corrected chi connectivity index (χ1v) is 8.71. The predicted molar refractivity (Wildman–Crippen MR) is 96.8 cm³/mol. The zero-order valence-electron chi connectivity index (χ0n) is 15.2. The minimum atomic E-state index is -4.45. The largest absolute Gasteiger partial charge is 0.416 e. The van der Waals surface area contributed by atoms with Crippen LogP contribution in [0.2, 0.25) is 0 Å². The summed E-state index contributed by atoms with van der Waals surface area (Å²) in [6, 6.07) is 2.90. The Morgan fingerprint density at radius 1 is 1.30 bits per heavy atom. The smallest absolute Gasteiger partial charge is 0.367 e. The fourth-order valence-electron chi connectivity index (χ4n) is 3.27. The molecule has 2 aromatic rings. The number of carbonyl (C=O) groups excluding carboxylic acids is 1. The maximum Gasteiger partial charge on any atom is 0.416 e. The molecule has 1 unspecified atom stereocenters. The van der Waals surface area contributed by atoms with Gasteiger partial charge >= 0.3 is 12.2 Å². The number of aromatic nitrogens is 2. The van der Waals surface area contributed by atoms with Crippen LogP contribution >= 0.6 is 0 Å². The van der Waals surface area contributed by atoms with E-state index >= 15 is 0 Å². The number of nitrogens with one attached hydrogen (secondary N) is 2. The van der Waals surface area contributed by atoms with Gasteiger partial charge in [0.15, 0.2) is 0 Å². The Morgan fingerprint density at radius 3 is 2.74 bits per heavy atom. The monoisotopic (exact) mass is 381 g/mol. The average Bonchev–Trinajstić information content (AvgIpc) is 3.00. The van der Waals surface area contributed by atoms with Crippen molar-refractivity contribution in [1.29, 1.82) is 0 Å². The first-order valence-electron chi connectivity index (χ1n) is 8.71. The third kappa shape index (κ3) is 4.93. The molecule has 1 aliphatic rings. The molecule has 27 heavy (non-hydrogen) atoms. The second-order valence-electron chi connectivity index (χ2n) is 6.84. The lowest BCUT2D eigenvalue weighted by molar-refractivity contribution is -0.137. The lowest BCUT2D eigenvalue weighted by atomic mass is 10.1. The third-order valence-corrected chi connectivity index (χ3v) is 4.48. The maximum absolute atomic E-state index is 12.9. The van der Waals surface area contributed by atoms with Crippen LogP contribution in [-0.4, -0.2) is 34.9 Å². The van der Waals surface area contributed by atoms with Crippen LogP contribution in [0.1, 0.15) is 24.0 Å². The Kier molecular flexibility index (Phi) is 5.29. The van der Waals surface area contributed by atoms with Gasteiger partial charge in [-0.1, -0.05) is 0 Å². The molecule has 1 aromatic carbocycles. The molecule has 2 N–H and O–H groups in total. The van der Waals surface area contributed by atoms with Gasteiger partial charge in [-0.15, -0.1) is 0 Å². The number of alkyl halides is 3. The van der Waals surface area contributed by atoms with Crippen molar-refractivity contribution in [2.75, 3.05) is 23.3 Å². The van der Waals surface area contributed by atoms with Gasteiger partial charge in [-0.05, 0) is 43.5 Å². The molecule has 6 nitrogen and oxygen atoms in total. The van der Waals surface area contributed by atoms with Crippen LogP contribution in [0.3, 0.4) is 0 Å². The van der Waals surface area contributed by atoms with E-state index in [1.54, 1.807) is 17.8 Å². The van der Waals surface area contributed by atoms with Crippen molar-refractivity contribution < 1.29 is 18.0 Å². The lowest BCUT2D eigenvalue weighted by Crippen LogP contribution is -2.49. The zero-order chi connectivity index (χ0) is 19.6. The van der Waals surface area contributed by atoms with Crippen LogP contribution in [0.25, 0.3) is 0 Å². The summed E-state index contributed by atoms with van der Waals surface area (Å²) in [5.74, 6) is 0. The first-order chi connectivity index (χ1) is 12.7. The molecule has 1 fully saturated rings. The minimum absolute atomic E-state index is 0.0918. The first kappa shape index (κ1) is 19.1. The number of benzene rings is 1. The number of anilines is 2. The van der Waals surface area contributed by atoms with E-state index in [4.69, 9.17) is 0 Å². The van der Waals surface area contributed by atoms with Crippen molar-refractivity contribution in [2.24, 2.45) is 7.05 Å². The van der Waals surface area contributed by atoms with Crippen molar-refractivity contribution in [1.82, 2.24) is 15.1 Å². The van der Waals surface area contributed by atoms with Gasteiger partial charge in [-0.3, -0.25) is 4.68 Å². The van der Waals surface area contributed by atoms with E-state index in [9.17, 15) is 18.0 Å². The maximum atomic E-state index is 12.9. The van der Waals surface area contributed by atoms with Crippen molar-refractivity contribution in [2.45, 2.75) is 32.0 Å². The fraction of sp³-hybridized carbons (Fsp3) is 0.444. The fourth-order valence-corrected chi connectivity index (χ4v) is 3.27. The van der Waals surface area contributed by atoms with Crippen LogP contribution in [0.5, 0.6) is 0 Å². The molecule has 9 heteroatoms. The summed E-state index contributed by atoms with van der Waals surface area (Å²) in [5, 5.41) is 9.52. The van der Waals surface area contributed by atoms with Gasteiger partial charge in [0, 0.05) is 38.1 Å². The van der Waals surface area contributed by atoms with Crippen molar-refractivity contribution >= 4 is 17.4 Å². The third-order valence-electron chi connectivity index (χ3n) is 4.48. The molecule has 0 spiro atoms. The van der Waals surface area contributed by atoms with Gasteiger partial charge in [0.25, 0.3) is 0 Å². The van der Waals surface area contributed by atoms with Crippen molar-refractivity contribution in [3.63, 3.8) is 0 Å². The Morgan fingerprint density at radius 2 is 2.07 bits per heavy atom. The number of aryl methyl sites for hydroxylation is 2. The molecule has 0 saturated carbocycles. The number of urea groups is 1. The van der Waals surface area contributed by atoms with Crippen molar-refractivity contribution in [3.8, 4) is 0 Å². The number of amides is 2. The van der Waals surface area contributed by atoms with Crippen LogP contribution in [0.15, 0.2) is 30.6 Å². The van der Waals surface area contributed by atoms with E-state index in [0.29, 0.717) is 12.1 Å². The number of carbonyl (C=O) groups is 1. The second-order valence-corrected chi connectivity index (χ2v) is 6.84. The Bertz CT molecular complexity index is 818. The molecule has 1 atom stereocenters. The number of rotatable bonds is 3. The zero-order valence-corrected chi connectivity index (χ0v) is 15.2. The number of hydrogen-bond donors (Lipinski definition) is 2. The number of piperidine rings is 1. The van der Waals surface area contributed by atoms with E-state index in [0.717, 1.165) is 37.2 Å². The Labute approximate surface area is 155 Å². The number of nitrogens with zero attached hydrogens (tertiary/aromatic N) is 3. The summed E-state index contributed by atoms with van der Waals surface area (Å²) >= 11 is 0. The molecule has 146 valence electrons. The summed E-state index contributed by atoms with van der Waals surface area (Å²) in [6.07, 6.45) is 0.947. The van der Waals surface area contributed by atoms with E-state index in [-0.39, 0.29) is 11.7 Å². The molecule has 2 heterocycles. The molecule has 0 radical (unpaired) electrons. The van der Waals surface area contributed by atoms with Crippen LogP contribution in [0, 0.1) is 6.92 Å². The lowest BCUT2D eigenvalue weighted by Gasteiger charge is -2.33. The minimum Gasteiger partial charge on any atom is -0.367 e. The van der Waals surface area contributed by atoms with Gasteiger partial charge in [0.1, 0.15) is 0 Å². The average molecular weight is 381 g/mol. The van der Waals surface area contributed by atoms with Gasteiger partial charge in [-0.2, -0.15) is 18.3 Å². The summed E-state index contributed by atoms with van der Waals surface area (Å²) in [5.41, 5.74) is 0.761. The Hall–Kier alpha value is -2.71. The summed E-state index contributed by atoms with van der Waals surface area (Å²) in [7, 11) is 1.84. The SMILES string of the molecule is Cc1cc(NC(=O)NC2CCCN(c3cnn(C)c3)C2)cc(C(F)(F)F)c1. The number of halogens is 3. The van der Waals surface area contributed by atoms with Gasteiger partial charge < -0.3 is 15.5 Å². The Balaban J connectivity index is 1.61. The molecule has 2 amide bonds. The van der Waals surface area contributed by atoms with E-state index in [1.807, 2.05) is 13.2 Å². The van der Waals surface area contributed by atoms with Crippen LogP contribution in [0.4, 0.5) is 29.3 Å². The molecule has 1 aliphatic heterocycles. The molecular weight excluding hydrogens is 359 g/mol.